The number of carbonyl (C=O) groups is 2. The predicted molar refractivity (Wildman–Crippen MR) is 79.5 cm³/mol. The molecule has 0 bridgehead atoms. The van der Waals surface area contributed by atoms with Gasteiger partial charge in [0, 0.05) is 24.4 Å². The third-order valence-electron chi connectivity index (χ3n) is 2.70. The fourth-order valence-corrected chi connectivity index (χ4v) is 1.83. The van der Waals surface area contributed by atoms with Gasteiger partial charge in [-0.15, -0.1) is 0 Å². The van der Waals surface area contributed by atoms with E-state index >= 15 is 0 Å². The molecule has 0 saturated heterocycles. The number of hydrogen-bond acceptors (Lipinski definition) is 5. The molecule has 1 aromatic rings. The van der Waals surface area contributed by atoms with Gasteiger partial charge in [-0.3, -0.25) is 4.79 Å². The van der Waals surface area contributed by atoms with E-state index in [0.717, 1.165) is 11.1 Å². The lowest BCUT2D eigenvalue weighted by molar-refractivity contribution is -0.148. The molecule has 2 rings (SSSR count). The van der Waals surface area contributed by atoms with E-state index in [2.05, 4.69) is 15.6 Å². The first kappa shape index (κ1) is 15.0. The largest absolute Gasteiger partial charge is 0.457 e. The number of nitrogens with one attached hydrogen (secondary N) is 2. The Hall–Kier alpha value is -2.37. The molecule has 1 aliphatic heterocycles. The van der Waals surface area contributed by atoms with Gasteiger partial charge in [-0.1, -0.05) is 0 Å². The van der Waals surface area contributed by atoms with Crippen molar-refractivity contribution in [3.63, 3.8) is 0 Å². The SMILES string of the molecule is CC(C)(C)OC(=O)/C=C/c1cnc2c(c1)CNC(=O)CN2. The van der Waals surface area contributed by atoms with Gasteiger partial charge in [-0.05, 0) is 38.5 Å². The molecule has 0 aromatic carbocycles. The zero-order chi connectivity index (χ0) is 15.5. The van der Waals surface area contributed by atoms with Crippen molar-refractivity contribution < 1.29 is 14.3 Å². The molecule has 2 N–H and O–H groups in total. The Balaban J connectivity index is 2.09. The molecule has 2 heterocycles. The Bertz CT molecular complexity index is 588. The van der Waals surface area contributed by atoms with Crippen LogP contribution in [0.2, 0.25) is 0 Å². The maximum Gasteiger partial charge on any atom is 0.331 e. The number of rotatable bonds is 2. The number of amides is 1. The van der Waals surface area contributed by atoms with E-state index in [4.69, 9.17) is 4.74 Å². The van der Waals surface area contributed by atoms with Gasteiger partial charge in [-0.25, -0.2) is 9.78 Å². The number of hydrogen-bond donors (Lipinski definition) is 2. The van der Waals surface area contributed by atoms with E-state index < -0.39 is 11.6 Å². The second-order valence-corrected chi connectivity index (χ2v) is 5.77. The van der Waals surface area contributed by atoms with Crippen LogP contribution in [-0.4, -0.2) is 29.0 Å². The van der Waals surface area contributed by atoms with Gasteiger partial charge >= 0.3 is 5.97 Å². The van der Waals surface area contributed by atoms with Crippen molar-refractivity contribution in [2.24, 2.45) is 0 Å². The zero-order valence-corrected chi connectivity index (χ0v) is 12.4. The molecule has 21 heavy (non-hydrogen) atoms. The van der Waals surface area contributed by atoms with Crippen LogP contribution in [0.1, 0.15) is 31.9 Å². The highest BCUT2D eigenvalue weighted by Crippen LogP contribution is 2.17. The summed E-state index contributed by atoms with van der Waals surface area (Å²) in [6.07, 6.45) is 4.66. The van der Waals surface area contributed by atoms with Crippen molar-refractivity contribution in [2.75, 3.05) is 11.9 Å². The van der Waals surface area contributed by atoms with Gasteiger partial charge in [0.15, 0.2) is 0 Å². The van der Waals surface area contributed by atoms with Gasteiger partial charge in [0.1, 0.15) is 11.4 Å². The molecule has 0 saturated carbocycles. The predicted octanol–water partition coefficient (Wildman–Crippen LogP) is 1.48. The Labute approximate surface area is 123 Å². The minimum Gasteiger partial charge on any atom is -0.457 e. The highest BCUT2D eigenvalue weighted by molar-refractivity contribution is 5.87. The number of pyridine rings is 1. The van der Waals surface area contributed by atoms with Crippen LogP contribution < -0.4 is 10.6 Å². The molecule has 0 unspecified atom stereocenters. The molecular formula is C15H19N3O3. The molecule has 1 aliphatic rings. The number of aromatic nitrogens is 1. The van der Waals surface area contributed by atoms with E-state index in [9.17, 15) is 9.59 Å². The summed E-state index contributed by atoms with van der Waals surface area (Å²) in [4.78, 5) is 27.2. The normalized spacial score (nSPS) is 14.9. The first-order chi connectivity index (χ1) is 9.83. The lowest BCUT2D eigenvalue weighted by Crippen LogP contribution is -2.25. The quantitative estimate of drug-likeness (QED) is 0.636. The topological polar surface area (TPSA) is 80.3 Å². The van der Waals surface area contributed by atoms with Crippen LogP contribution in [0.4, 0.5) is 5.82 Å². The second-order valence-electron chi connectivity index (χ2n) is 5.77. The number of anilines is 1. The van der Waals surface area contributed by atoms with Crippen LogP contribution in [0.15, 0.2) is 18.3 Å². The minimum absolute atomic E-state index is 0.0705. The Kier molecular flexibility index (Phi) is 4.26. The zero-order valence-electron chi connectivity index (χ0n) is 12.4. The Morgan fingerprint density at radius 3 is 2.81 bits per heavy atom. The molecule has 112 valence electrons. The average molecular weight is 289 g/mol. The highest BCUT2D eigenvalue weighted by Gasteiger charge is 2.14. The fourth-order valence-electron chi connectivity index (χ4n) is 1.83. The fraction of sp³-hybridized carbons (Fsp3) is 0.400. The van der Waals surface area contributed by atoms with E-state index in [-0.39, 0.29) is 12.5 Å². The van der Waals surface area contributed by atoms with E-state index in [0.29, 0.717) is 12.4 Å². The molecule has 0 atom stereocenters. The molecule has 0 aliphatic carbocycles. The van der Waals surface area contributed by atoms with Crippen LogP contribution >= 0.6 is 0 Å². The second kappa shape index (κ2) is 5.95. The average Bonchev–Trinajstić information content (AvgIpc) is 2.57. The van der Waals surface area contributed by atoms with Crippen LogP contribution in [-0.2, 0) is 20.9 Å². The standard InChI is InChI=1S/C15H19N3O3/c1-15(2,3)21-13(20)5-4-10-6-11-8-16-12(19)9-18-14(11)17-7-10/h4-7H,8-9H2,1-3H3,(H,16,19)(H,17,18)/b5-4+. The van der Waals surface area contributed by atoms with Gasteiger partial charge in [0.2, 0.25) is 5.91 Å². The summed E-state index contributed by atoms with van der Waals surface area (Å²) in [6.45, 7) is 6.08. The summed E-state index contributed by atoms with van der Waals surface area (Å²) in [6, 6.07) is 1.88. The third-order valence-corrected chi connectivity index (χ3v) is 2.70. The van der Waals surface area contributed by atoms with E-state index in [1.807, 2.05) is 26.8 Å². The first-order valence-electron chi connectivity index (χ1n) is 6.74. The van der Waals surface area contributed by atoms with Crippen molar-refractivity contribution in [1.82, 2.24) is 10.3 Å². The number of ether oxygens (including phenoxy) is 1. The summed E-state index contributed by atoms with van der Waals surface area (Å²) in [7, 11) is 0. The molecular weight excluding hydrogens is 270 g/mol. The van der Waals surface area contributed by atoms with Crippen molar-refractivity contribution in [3.05, 3.63) is 29.5 Å². The smallest absolute Gasteiger partial charge is 0.331 e. The molecule has 0 fully saturated rings. The van der Waals surface area contributed by atoms with Gasteiger partial charge in [0.25, 0.3) is 0 Å². The van der Waals surface area contributed by atoms with Gasteiger partial charge < -0.3 is 15.4 Å². The van der Waals surface area contributed by atoms with Gasteiger partial charge in [0.05, 0.1) is 6.54 Å². The summed E-state index contributed by atoms with van der Waals surface area (Å²) in [5.41, 5.74) is 1.14. The summed E-state index contributed by atoms with van der Waals surface area (Å²) < 4.78 is 5.19. The third kappa shape index (κ3) is 4.59. The summed E-state index contributed by atoms with van der Waals surface area (Å²) in [5, 5.41) is 5.73. The van der Waals surface area contributed by atoms with Crippen LogP contribution in [0.25, 0.3) is 6.08 Å². The van der Waals surface area contributed by atoms with Crippen molar-refractivity contribution >= 4 is 23.8 Å². The van der Waals surface area contributed by atoms with E-state index in [1.54, 1.807) is 12.3 Å². The monoisotopic (exact) mass is 289 g/mol. The van der Waals surface area contributed by atoms with Crippen molar-refractivity contribution in [2.45, 2.75) is 32.9 Å². The molecule has 6 nitrogen and oxygen atoms in total. The molecule has 6 heteroatoms. The van der Waals surface area contributed by atoms with Crippen LogP contribution in [0.3, 0.4) is 0 Å². The lowest BCUT2D eigenvalue weighted by atomic mass is 10.1. The molecule has 1 aromatic heterocycles. The number of carbonyl (C=O) groups excluding carboxylic acids is 2. The van der Waals surface area contributed by atoms with Crippen LogP contribution in [0, 0.1) is 0 Å². The van der Waals surface area contributed by atoms with Gasteiger partial charge in [-0.2, -0.15) is 0 Å². The molecule has 1 amide bonds. The van der Waals surface area contributed by atoms with Crippen molar-refractivity contribution in [1.29, 1.82) is 0 Å². The van der Waals surface area contributed by atoms with Crippen molar-refractivity contribution in [3.8, 4) is 0 Å². The summed E-state index contributed by atoms with van der Waals surface area (Å²) >= 11 is 0. The Morgan fingerprint density at radius 1 is 1.33 bits per heavy atom. The first-order valence-corrected chi connectivity index (χ1v) is 6.74. The maximum absolute atomic E-state index is 11.6. The van der Waals surface area contributed by atoms with Crippen LogP contribution in [0.5, 0.6) is 0 Å². The number of fused-ring (bicyclic) bond motifs is 1. The minimum atomic E-state index is -0.512. The molecule has 0 radical (unpaired) electrons. The summed E-state index contributed by atoms with van der Waals surface area (Å²) in [5.74, 6) is 0.213. The number of esters is 1. The number of nitrogens with zero attached hydrogens (tertiary/aromatic N) is 1. The maximum atomic E-state index is 11.6. The highest BCUT2D eigenvalue weighted by atomic mass is 16.6. The van der Waals surface area contributed by atoms with E-state index in [1.165, 1.54) is 6.08 Å². The molecule has 0 spiro atoms. The lowest BCUT2D eigenvalue weighted by Gasteiger charge is -2.17. The Morgan fingerprint density at radius 2 is 2.10 bits per heavy atom.